The number of rotatable bonds is 24. The van der Waals surface area contributed by atoms with Crippen LogP contribution in [0.15, 0.2) is 0 Å². The molecule has 5 heteroatoms. The highest BCUT2D eigenvalue weighted by Crippen LogP contribution is 2.10. The third-order valence-electron chi connectivity index (χ3n) is 4.59. The molecule has 0 aromatic carbocycles. The first-order valence-electron chi connectivity index (χ1n) is 11.6. The molecular formula is C22H48N2O3. The predicted octanol–water partition coefficient (Wildman–Crippen LogP) is 4.29. The molecule has 0 bridgehead atoms. The van der Waals surface area contributed by atoms with Gasteiger partial charge in [-0.15, -0.1) is 0 Å². The minimum Gasteiger partial charge on any atom is -0.379 e. The molecule has 0 radical (unpaired) electrons. The van der Waals surface area contributed by atoms with Crippen LogP contribution >= 0.6 is 0 Å². The summed E-state index contributed by atoms with van der Waals surface area (Å²) in [6.07, 6.45) is 16.0. The highest BCUT2D eigenvalue weighted by molar-refractivity contribution is 4.51. The summed E-state index contributed by atoms with van der Waals surface area (Å²) in [4.78, 5) is 0. The third kappa shape index (κ3) is 25.8. The zero-order valence-corrected chi connectivity index (χ0v) is 18.2. The van der Waals surface area contributed by atoms with Crippen molar-refractivity contribution in [3.05, 3.63) is 0 Å². The number of unbranched alkanes of at least 4 members (excludes halogenated alkanes) is 9. The van der Waals surface area contributed by atoms with Crippen molar-refractivity contribution in [1.82, 2.24) is 5.32 Å². The van der Waals surface area contributed by atoms with Gasteiger partial charge in [-0.25, -0.2) is 0 Å². The highest BCUT2D eigenvalue weighted by Gasteiger charge is 1.94. The zero-order valence-electron chi connectivity index (χ0n) is 18.2. The van der Waals surface area contributed by atoms with Crippen LogP contribution in [0.25, 0.3) is 0 Å². The average Bonchev–Trinajstić information content (AvgIpc) is 2.68. The second kappa shape index (κ2) is 25.8. The Morgan fingerprint density at radius 1 is 0.519 bits per heavy atom. The van der Waals surface area contributed by atoms with Gasteiger partial charge >= 0.3 is 0 Å². The van der Waals surface area contributed by atoms with E-state index in [1.54, 1.807) is 0 Å². The molecule has 0 heterocycles. The first-order valence-corrected chi connectivity index (χ1v) is 11.6. The molecule has 0 aliphatic heterocycles. The van der Waals surface area contributed by atoms with E-state index >= 15 is 0 Å². The van der Waals surface area contributed by atoms with Crippen molar-refractivity contribution in [3.8, 4) is 0 Å². The van der Waals surface area contributed by atoms with Crippen LogP contribution in [0.5, 0.6) is 0 Å². The fourth-order valence-corrected chi connectivity index (χ4v) is 2.89. The van der Waals surface area contributed by atoms with Gasteiger partial charge in [-0.05, 0) is 38.9 Å². The topological polar surface area (TPSA) is 65.7 Å². The van der Waals surface area contributed by atoms with Crippen molar-refractivity contribution in [2.45, 2.75) is 84.0 Å². The van der Waals surface area contributed by atoms with Gasteiger partial charge in [-0.3, -0.25) is 0 Å². The fourth-order valence-electron chi connectivity index (χ4n) is 2.89. The van der Waals surface area contributed by atoms with Gasteiger partial charge in [-0.1, -0.05) is 64.7 Å². The van der Waals surface area contributed by atoms with Crippen molar-refractivity contribution >= 4 is 0 Å². The minimum absolute atomic E-state index is 0.633. The summed E-state index contributed by atoms with van der Waals surface area (Å²) in [6, 6.07) is 0. The molecule has 0 aliphatic carbocycles. The highest BCUT2D eigenvalue weighted by atomic mass is 16.5. The molecule has 27 heavy (non-hydrogen) atoms. The molecule has 0 rings (SSSR count). The van der Waals surface area contributed by atoms with E-state index in [0.29, 0.717) is 33.0 Å². The number of nitrogens with two attached hydrogens (primary N) is 1. The maximum atomic E-state index is 5.56. The van der Waals surface area contributed by atoms with Crippen LogP contribution in [0.4, 0.5) is 0 Å². The molecule has 164 valence electrons. The Morgan fingerprint density at radius 2 is 0.963 bits per heavy atom. The summed E-state index contributed by atoms with van der Waals surface area (Å²) < 4.78 is 16.4. The van der Waals surface area contributed by atoms with Crippen LogP contribution in [0, 0.1) is 0 Å². The number of hydrogen-bond acceptors (Lipinski definition) is 5. The molecule has 0 fully saturated rings. The molecule has 0 aliphatic rings. The van der Waals surface area contributed by atoms with E-state index in [0.717, 1.165) is 39.1 Å². The lowest BCUT2D eigenvalue weighted by atomic mass is 10.1. The second-order valence-electron chi connectivity index (χ2n) is 7.26. The fraction of sp³-hybridized carbons (Fsp3) is 1.00. The molecule has 0 atom stereocenters. The average molecular weight is 389 g/mol. The lowest BCUT2D eigenvalue weighted by molar-refractivity contribution is 0.0141. The van der Waals surface area contributed by atoms with Crippen molar-refractivity contribution in [2.24, 2.45) is 5.73 Å². The van der Waals surface area contributed by atoms with Crippen LogP contribution < -0.4 is 11.1 Å². The Labute approximate surface area is 169 Å². The van der Waals surface area contributed by atoms with Crippen LogP contribution in [0.1, 0.15) is 84.0 Å². The molecule has 0 saturated heterocycles. The van der Waals surface area contributed by atoms with Crippen molar-refractivity contribution in [1.29, 1.82) is 0 Å². The zero-order chi connectivity index (χ0) is 19.7. The smallest absolute Gasteiger partial charge is 0.0701 e. The second-order valence-corrected chi connectivity index (χ2v) is 7.26. The minimum atomic E-state index is 0.633. The third-order valence-corrected chi connectivity index (χ3v) is 4.59. The maximum Gasteiger partial charge on any atom is 0.0701 e. The summed E-state index contributed by atoms with van der Waals surface area (Å²) in [5.74, 6) is 0. The number of ether oxygens (including phenoxy) is 3. The quantitative estimate of drug-likeness (QED) is 0.242. The Kier molecular flexibility index (Phi) is 25.6. The van der Waals surface area contributed by atoms with Gasteiger partial charge in [0.1, 0.15) is 0 Å². The van der Waals surface area contributed by atoms with E-state index in [9.17, 15) is 0 Å². The monoisotopic (exact) mass is 388 g/mol. The molecule has 0 unspecified atom stereocenters. The summed E-state index contributed by atoms with van der Waals surface area (Å²) in [5, 5.41) is 3.51. The number of nitrogens with one attached hydrogen (secondary N) is 1. The molecule has 5 nitrogen and oxygen atoms in total. The van der Waals surface area contributed by atoms with Gasteiger partial charge < -0.3 is 25.3 Å². The first-order chi connectivity index (χ1) is 13.4. The van der Waals surface area contributed by atoms with Crippen LogP contribution in [0.2, 0.25) is 0 Å². The maximum absolute atomic E-state index is 5.56. The Bertz CT molecular complexity index is 232. The lowest BCUT2D eigenvalue weighted by Crippen LogP contribution is -2.18. The van der Waals surface area contributed by atoms with Gasteiger partial charge in [0, 0.05) is 13.2 Å². The molecule has 0 aromatic heterocycles. The Hall–Kier alpha value is -0.200. The standard InChI is InChI=1S/C22H48N2O3/c1-2-3-4-5-6-7-8-9-10-11-15-24-16-13-18-26-20-22-27-21-19-25-17-12-14-23/h24H,2-23H2,1H3. The SMILES string of the molecule is CCCCCCCCCCCCNCCCOCCOCCOCCCN. The summed E-state index contributed by atoms with van der Waals surface area (Å²) >= 11 is 0. The predicted molar refractivity (Wildman–Crippen MR) is 115 cm³/mol. The summed E-state index contributed by atoms with van der Waals surface area (Å²) in [6.45, 7) is 9.27. The molecule has 0 amide bonds. The van der Waals surface area contributed by atoms with E-state index in [2.05, 4.69) is 12.2 Å². The molecule has 0 saturated carbocycles. The summed E-state index contributed by atoms with van der Waals surface area (Å²) in [5.41, 5.74) is 5.39. The Balaban J connectivity index is 2.95. The molecule has 3 N–H and O–H groups in total. The first kappa shape index (κ1) is 26.8. The van der Waals surface area contributed by atoms with E-state index in [1.165, 1.54) is 64.2 Å². The van der Waals surface area contributed by atoms with Crippen LogP contribution in [0.3, 0.4) is 0 Å². The van der Waals surface area contributed by atoms with Crippen molar-refractivity contribution in [3.63, 3.8) is 0 Å². The van der Waals surface area contributed by atoms with E-state index < -0.39 is 0 Å². The molecule has 0 aromatic rings. The molecule has 0 spiro atoms. The van der Waals surface area contributed by atoms with Gasteiger partial charge in [-0.2, -0.15) is 0 Å². The van der Waals surface area contributed by atoms with E-state index in [4.69, 9.17) is 19.9 Å². The van der Waals surface area contributed by atoms with Gasteiger partial charge in [0.2, 0.25) is 0 Å². The van der Waals surface area contributed by atoms with Crippen LogP contribution in [-0.4, -0.2) is 59.3 Å². The van der Waals surface area contributed by atoms with Gasteiger partial charge in [0.05, 0.1) is 26.4 Å². The number of hydrogen-bond donors (Lipinski definition) is 2. The lowest BCUT2D eigenvalue weighted by Gasteiger charge is -2.07. The van der Waals surface area contributed by atoms with E-state index in [-0.39, 0.29) is 0 Å². The normalized spacial score (nSPS) is 11.3. The van der Waals surface area contributed by atoms with Crippen LogP contribution in [-0.2, 0) is 14.2 Å². The Morgan fingerprint density at radius 3 is 1.52 bits per heavy atom. The van der Waals surface area contributed by atoms with Crippen molar-refractivity contribution < 1.29 is 14.2 Å². The van der Waals surface area contributed by atoms with Crippen molar-refractivity contribution in [2.75, 3.05) is 59.3 Å². The molecular weight excluding hydrogens is 340 g/mol. The summed E-state index contributed by atoms with van der Waals surface area (Å²) in [7, 11) is 0. The largest absolute Gasteiger partial charge is 0.379 e. The van der Waals surface area contributed by atoms with Gasteiger partial charge in [0.15, 0.2) is 0 Å². The van der Waals surface area contributed by atoms with Gasteiger partial charge in [0.25, 0.3) is 0 Å². The van der Waals surface area contributed by atoms with E-state index in [1.807, 2.05) is 0 Å².